The van der Waals surface area contributed by atoms with Crippen molar-refractivity contribution >= 4 is 21.6 Å². The van der Waals surface area contributed by atoms with E-state index < -0.39 is 10.0 Å². The van der Waals surface area contributed by atoms with Crippen molar-refractivity contribution in [2.45, 2.75) is 25.3 Å². The van der Waals surface area contributed by atoms with Crippen LogP contribution >= 0.6 is 0 Å². The molecule has 5 nitrogen and oxygen atoms in total. The molecule has 0 aliphatic carbocycles. The minimum Gasteiger partial charge on any atom is -0.337 e. The molecule has 3 aromatic carbocycles. The van der Waals surface area contributed by atoms with Crippen LogP contribution in [0, 0.1) is 19.7 Å². The van der Waals surface area contributed by atoms with Crippen LogP contribution in [0.25, 0.3) is 0 Å². The van der Waals surface area contributed by atoms with Crippen molar-refractivity contribution < 1.29 is 17.6 Å². The first-order valence-corrected chi connectivity index (χ1v) is 10.8. The van der Waals surface area contributed by atoms with Crippen molar-refractivity contribution in [3.8, 4) is 0 Å². The van der Waals surface area contributed by atoms with E-state index in [-0.39, 0.29) is 16.6 Å². The van der Waals surface area contributed by atoms with E-state index in [1.165, 1.54) is 41.3 Å². The van der Waals surface area contributed by atoms with Gasteiger partial charge in [0.05, 0.1) is 4.90 Å². The smallest absolute Gasteiger partial charge is 0.261 e. The summed E-state index contributed by atoms with van der Waals surface area (Å²) in [5.74, 6) is -0.593. The molecule has 0 heterocycles. The quantitative estimate of drug-likeness (QED) is 0.630. The lowest BCUT2D eigenvalue weighted by molar-refractivity contribution is 0.0785. The first-order valence-electron chi connectivity index (χ1n) is 9.36. The van der Waals surface area contributed by atoms with E-state index in [0.29, 0.717) is 17.8 Å². The number of halogens is 1. The van der Waals surface area contributed by atoms with Gasteiger partial charge in [0.1, 0.15) is 5.82 Å². The van der Waals surface area contributed by atoms with Gasteiger partial charge in [-0.25, -0.2) is 12.8 Å². The summed E-state index contributed by atoms with van der Waals surface area (Å²) in [6.07, 6.45) is 0. The Morgan fingerprint density at radius 1 is 0.933 bits per heavy atom. The van der Waals surface area contributed by atoms with E-state index in [9.17, 15) is 17.6 Å². The van der Waals surface area contributed by atoms with Crippen LogP contribution < -0.4 is 4.72 Å². The fourth-order valence-electron chi connectivity index (χ4n) is 2.95. The minimum atomic E-state index is -3.77. The van der Waals surface area contributed by atoms with E-state index in [1.807, 2.05) is 19.9 Å². The highest BCUT2D eigenvalue weighted by molar-refractivity contribution is 7.92. The second kappa shape index (κ2) is 8.67. The Morgan fingerprint density at radius 2 is 1.57 bits per heavy atom. The van der Waals surface area contributed by atoms with Crippen molar-refractivity contribution in [1.29, 1.82) is 0 Å². The molecule has 3 aromatic rings. The molecule has 0 atom stereocenters. The van der Waals surface area contributed by atoms with E-state index >= 15 is 0 Å². The van der Waals surface area contributed by atoms with Crippen molar-refractivity contribution in [2.24, 2.45) is 0 Å². The molecule has 0 spiro atoms. The zero-order valence-corrected chi connectivity index (χ0v) is 17.8. The molecule has 3 rings (SSSR count). The summed E-state index contributed by atoms with van der Waals surface area (Å²) >= 11 is 0. The number of carbonyl (C=O) groups excluding carboxylic acids is 1. The number of nitrogens with zero attached hydrogens (tertiary/aromatic N) is 1. The average molecular weight is 427 g/mol. The average Bonchev–Trinajstić information content (AvgIpc) is 2.72. The van der Waals surface area contributed by atoms with E-state index in [2.05, 4.69) is 4.72 Å². The van der Waals surface area contributed by atoms with Crippen LogP contribution in [0.3, 0.4) is 0 Å². The van der Waals surface area contributed by atoms with Gasteiger partial charge >= 0.3 is 0 Å². The lowest BCUT2D eigenvalue weighted by Gasteiger charge is -2.17. The normalized spacial score (nSPS) is 11.2. The van der Waals surface area contributed by atoms with Gasteiger partial charge in [0.2, 0.25) is 0 Å². The molecule has 0 aliphatic rings. The molecule has 0 aromatic heterocycles. The van der Waals surface area contributed by atoms with Gasteiger partial charge in [-0.05, 0) is 79.1 Å². The van der Waals surface area contributed by atoms with Gasteiger partial charge in [-0.3, -0.25) is 9.52 Å². The third-order valence-corrected chi connectivity index (χ3v) is 6.25. The highest BCUT2D eigenvalue weighted by Crippen LogP contribution is 2.20. The van der Waals surface area contributed by atoms with E-state index in [4.69, 9.17) is 0 Å². The third kappa shape index (κ3) is 5.04. The van der Waals surface area contributed by atoms with Gasteiger partial charge in [0.15, 0.2) is 0 Å². The SMILES string of the molecule is Cc1ccc(NS(=O)(=O)c2ccc(C(=O)N(C)Cc3ccc(F)cc3)cc2)cc1C. The molecule has 0 radical (unpaired) electrons. The lowest BCUT2D eigenvalue weighted by atomic mass is 10.1. The highest BCUT2D eigenvalue weighted by Gasteiger charge is 2.17. The number of carbonyl (C=O) groups is 1. The second-order valence-corrected chi connectivity index (χ2v) is 8.90. The van der Waals surface area contributed by atoms with Gasteiger partial charge in [0.25, 0.3) is 15.9 Å². The van der Waals surface area contributed by atoms with Crippen LogP contribution in [0.1, 0.15) is 27.0 Å². The molecule has 1 N–H and O–H groups in total. The summed E-state index contributed by atoms with van der Waals surface area (Å²) in [6.45, 7) is 4.18. The Kier molecular flexibility index (Phi) is 6.22. The largest absolute Gasteiger partial charge is 0.337 e. The predicted molar refractivity (Wildman–Crippen MR) is 115 cm³/mol. The highest BCUT2D eigenvalue weighted by atomic mass is 32.2. The maximum atomic E-state index is 13.0. The predicted octanol–water partition coefficient (Wildman–Crippen LogP) is 4.52. The number of aryl methyl sites for hydroxylation is 2. The Balaban J connectivity index is 1.71. The summed E-state index contributed by atoms with van der Waals surface area (Å²) in [5.41, 5.74) is 3.71. The molecule has 0 saturated heterocycles. The molecular formula is C23H23FN2O3S. The zero-order valence-electron chi connectivity index (χ0n) is 17.0. The molecule has 1 amide bonds. The Hall–Kier alpha value is -3.19. The summed E-state index contributed by atoms with van der Waals surface area (Å²) in [6, 6.07) is 17.0. The van der Waals surface area contributed by atoms with Gasteiger partial charge in [-0.2, -0.15) is 0 Å². The van der Waals surface area contributed by atoms with Crippen LogP contribution in [-0.2, 0) is 16.6 Å². The molecular weight excluding hydrogens is 403 g/mol. The van der Waals surface area contributed by atoms with Crippen molar-refractivity contribution in [3.05, 3.63) is 94.8 Å². The maximum absolute atomic E-state index is 13.0. The number of sulfonamides is 1. The van der Waals surface area contributed by atoms with Gasteiger partial charge in [0, 0.05) is 24.8 Å². The Labute approximate surface area is 176 Å². The molecule has 0 aliphatic heterocycles. The number of anilines is 1. The Bertz CT molecular complexity index is 1160. The van der Waals surface area contributed by atoms with Gasteiger partial charge in [-0.1, -0.05) is 18.2 Å². The molecule has 0 bridgehead atoms. The lowest BCUT2D eigenvalue weighted by Crippen LogP contribution is -2.26. The van der Waals surface area contributed by atoms with Crippen molar-refractivity contribution in [2.75, 3.05) is 11.8 Å². The number of hydrogen-bond acceptors (Lipinski definition) is 3. The van der Waals surface area contributed by atoms with Crippen molar-refractivity contribution in [1.82, 2.24) is 4.90 Å². The number of rotatable bonds is 6. The van der Waals surface area contributed by atoms with Crippen LogP contribution in [0.2, 0.25) is 0 Å². The fourth-order valence-corrected chi connectivity index (χ4v) is 4.00. The Morgan fingerprint density at radius 3 is 2.17 bits per heavy atom. The molecule has 0 unspecified atom stereocenters. The first-order chi connectivity index (χ1) is 14.2. The van der Waals surface area contributed by atoms with Gasteiger partial charge < -0.3 is 4.90 Å². The summed E-state index contributed by atoms with van der Waals surface area (Å²) in [5, 5.41) is 0. The van der Waals surface area contributed by atoms with Gasteiger partial charge in [-0.15, -0.1) is 0 Å². The van der Waals surface area contributed by atoms with E-state index in [1.54, 1.807) is 31.3 Å². The first kappa shape index (κ1) is 21.5. The topological polar surface area (TPSA) is 66.5 Å². The third-order valence-electron chi connectivity index (χ3n) is 4.85. The monoisotopic (exact) mass is 426 g/mol. The summed E-state index contributed by atoms with van der Waals surface area (Å²) in [4.78, 5) is 14.2. The standard InChI is InChI=1S/C23H23FN2O3S/c1-16-4-11-21(14-17(16)2)25-30(28,29)22-12-7-19(8-13-22)23(27)26(3)15-18-5-9-20(24)10-6-18/h4-14,25H,15H2,1-3H3. The summed E-state index contributed by atoms with van der Waals surface area (Å²) in [7, 11) is -2.13. The number of amides is 1. The molecule has 0 fully saturated rings. The van der Waals surface area contributed by atoms with Crippen LogP contribution in [0.15, 0.2) is 71.6 Å². The van der Waals surface area contributed by atoms with Crippen molar-refractivity contribution in [3.63, 3.8) is 0 Å². The zero-order chi connectivity index (χ0) is 21.9. The maximum Gasteiger partial charge on any atom is 0.261 e. The fraction of sp³-hybridized carbons (Fsp3) is 0.174. The number of hydrogen-bond donors (Lipinski definition) is 1. The number of benzene rings is 3. The van der Waals surface area contributed by atoms with E-state index in [0.717, 1.165) is 16.7 Å². The molecule has 30 heavy (non-hydrogen) atoms. The minimum absolute atomic E-state index is 0.0680. The second-order valence-electron chi connectivity index (χ2n) is 7.22. The van der Waals surface area contributed by atoms with Crippen LogP contribution in [0.5, 0.6) is 0 Å². The van der Waals surface area contributed by atoms with Crippen LogP contribution in [-0.4, -0.2) is 26.3 Å². The molecule has 0 saturated carbocycles. The molecule has 7 heteroatoms. The van der Waals surface area contributed by atoms with Crippen LogP contribution in [0.4, 0.5) is 10.1 Å². The summed E-state index contributed by atoms with van der Waals surface area (Å²) < 4.78 is 40.9. The molecule has 156 valence electrons. The number of nitrogens with one attached hydrogen (secondary N) is 1.